The number of phenolic OH excluding ortho intramolecular Hbond substituents is 1. The van der Waals surface area contributed by atoms with E-state index in [0.717, 1.165) is 16.9 Å². The topological polar surface area (TPSA) is 76.8 Å². The predicted octanol–water partition coefficient (Wildman–Crippen LogP) is 2.28. The van der Waals surface area contributed by atoms with Crippen LogP contribution in [-0.4, -0.2) is 39.3 Å². The van der Waals surface area contributed by atoms with Gasteiger partial charge in [0.2, 0.25) is 6.79 Å². The molecule has 1 amide bonds. The van der Waals surface area contributed by atoms with Crippen LogP contribution < -0.4 is 9.47 Å². The monoisotopic (exact) mass is 339 g/mol. The molecule has 0 fully saturated rings. The fraction of sp³-hybridized carbons (Fsp3) is 0.222. The van der Waals surface area contributed by atoms with Gasteiger partial charge in [0.05, 0.1) is 23.1 Å². The maximum Gasteiger partial charge on any atom is 0.257 e. The number of hydrogen-bond donors (Lipinski definition) is 1. The molecule has 1 aliphatic heterocycles. The van der Waals surface area contributed by atoms with Gasteiger partial charge < -0.3 is 24.0 Å². The Bertz CT molecular complexity index is 980. The van der Waals surface area contributed by atoms with Gasteiger partial charge in [-0.15, -0.1) is 0 Å². The van der Waals surface area contributed by atoms with Gasteiger partial charge in [0.25, 0.3) is 5.91 Å². The summed E-state index contributed by atoms with van der Waals surface area (Å²) >= 11 is 0. The van der Waals surface area contributed by atoms with E-state index in [2.05, 4.69) is 4.98 Å². The van der Waals surface area contributed by atoms with Gasteiger partial charge in [0, 0.05) is 26.2 Å². The molecular weight excluding hydrogens is 322 g/mol. The van der Waals surface area contributed by atoms with E-state index in [4.69, 9.17) is 9.47 Å². The predicted molar refractivity (Wildman–Crippen MR) is 90.7 cm³/mol. The largest absolute Gasteiger partial charge is 0.507 e. The van der Waals surface area contributed by atoms with Crippen molar-refractivity contribution in [3.05, 3.63) is 47.8 Å². The first kappa shape index (κ1) is 15.3. The van der Waals surface area contributed by atoms with Crippen LogP contribution in [0.3, 0.4) is 0 Å². The van der Waals surface area contributed by atoms with E-state index < -0.39 is 0 Å². The number of aromatic nitrogens is 2. The summed E-state index contributed by atoms with van der Waals surface area (Å²) in [6.45, 7) is 0.403. The minimum atomic E-state index is -0.317. The lowest BCUT2D eigenvalue weighted by Gasteiger charge is -2.18. The Morgan fingerprint density at radius 3 is 2.76 bits per heavy atom. The average Bonchev–Trinajstić information content (AvgIpc) is 3.18. The summed E-state index contributed by atoms with van der Waals surface area (Å²) in [5.41, 5.74) is 2.06. The number of hydrogen-bond acceptors (Lipinski definition) is 5. The zero-order valence-electron chi connectivity index (χ0n) is 13.9. The molecule has 128 valence electrons. The molecule has 0 spiro atoms. The molecule has 4 rings (SSSR count). The molecule has 0 saturated heterocycles. The fourth-order valence-electron chi connectivity index (χ4n) is 2.93. The minimum absolute atomic E-state index is 0.0854. The number of fused-ring (bicyclic) bond motifs is 2. The molecule has 1 aromatic heterocycles. The maximum absolute atomic E-state index is 12.7. The van der Waals surface area contributed by atoms with Crippen LogP contribution in [0.1, 0.15) is 16.2 Å². The van der Waals surface area contributed by atoms with Gasteiger partial charge in [-0.05, 0) is 12.1 Å². The lowest BCUT2D eigenvalue weighted by Crippen LogP contribution is -2.27. The normalized spacial score (nSPS) is 12.6. The molecule has 0 radical (unpaired) electrons. The number of nitrogens with zero attached hydrogens (tertiary/aromatic N) is 3. The van der Waals surface area contributed by atoms with E-state index in [1.165, 1.54) is 17.0 Å². The molecule has 2 aromatic carbocycles. The second-order valence-electron chi connectivity index (χ2n) is 5.96. The van der Waals surface area contributed by atoms with Gasteiger partial charge in [-0.3, -0.25) is 4.79 Å². The molecule has 7 nitrogen and oxygen atoms in total. The molecule has 1 aliphatic rings. The van der Waals surface area contributed by atoms with Gasteiger partial charge in [-0.2, -0.15) is 0 Å². The van der Waals surface area contributed by atoms with Crippen molar-refractivity contribution in [3.63, 3.8) is 0 Å². The van der Waals surface area contributed by atoms with Gasteiger partial charge >= 0.3 is 0 Å². The Labute approximate surface area is 144 Å². The number of amides is 1. The number of para-hydroxylation sites is 2. The van der Waals surface area contributed by atoms with Crippen LogP contribution in [0.5, 0.6) is 17.2 Å². The van der Waals surface area contributed by atoms with Gasteiger partial charge in [-0.1, -0.05) is 12.1 Å². The molecule has 1 N–H and O–H groups in total. The van der Waals surface area contributed by atoms with Crippen molar-refractivity contribution in [2.75, 3.05) is 13.8 Å². The van der Waals surface area contributed by atoms with Crippen LogP contribution in [0.15, 0.2) is 36.4 Å². The summed E-state index contributed by atoms with van der Waals surface area (Å²) in [5.74, 6) is 1.20. The van der Waals surface area contributed by atoms with Crippen LogP contribution in [0.4, 0.5) is 0 Å². The number of aromatic hydroxyl groups is 1. The third-order valence-electron chi connectivity index (χ3n) is 4.33. The summed E-state index contributed by atoms with van der Waals surface area (Å²) in [5, 5.41) is 10.1. The average molecular weight is 339 g/mol. The lowest BCUT2D eigenvalue weighted by atomic mass is 10.1. The molecule has 0 saturated carbocycles. The van der Waals surface area contributed by atoms with Crippen molar-refractivity contribution in [3.8, 4) is 17.2 Å². The van der Waals surface area contributed by atoms with Crippen LogP contribution in [0, 0.1) is 0 Å². The van der Waals surface area contributed by atoms with Crippen molar-refractivity contribution < 1.29 is 19.4 Å². The first-order valence-electron chi connectivity index (χ1n) is 7.83. The van der Waals surface area contributed by atoms with Gasteiger partial charge in [0.15, 0.2) is 11.5 Å². The molecule has 0 unspecified atom stereocenters. The van der Waals surface area contributed by atoms with Crippen molar-refractivity contribution in [1.82, 2.24) is 14.5 Å². The van der Waals surface area contributed by atoms with E-state index in [1.54, 1.807) is 7.05 Å². The molecule has 0 atom stereocenters. The fourth-order valence-corrected chi connectivity index (χ4v) is 2.93. The van der Waals surface area contributed by atoms with Gasteiger partial charge in [-0.25, -0.2) is 4.98 Å². The lowest BCUT2D eigenvalue weighted by molar-refractivity contribution is 0.0777. The highest BCUT2D eigenvalue weighted by Gasteiger charge is 2.23. The van der Waals surface area contributed by atoms with E-state index in [0.29, 0.717) is 18.0 Å². The molecule has 3 aromatic rings. The highest BCUT2D eigenvalue weighted by molar-refractivity contribution is 5.97. The van der Waals surface area contributed by atoms with Gasteiger partial charge in [0.1, 0.15) is 11.6 Å². The number of carbonyl (C=O) groups excluding carboxylic acids is 1. The summed E-state index contributed by atoms with van der Waals surface area (Å²) < 4.78 is 12.4. The number of ether oxygens (including phenoxy) is 2. The Kier molecular flexibility index (Phi) is 3.49. The number of phenols is 1. The zero-order valence-corrected chi connectivity index (χ0v) is 13.9. The van der Waals surface area contributed by atoms with Crippen molar-refractivity contribution in [2.24, 2.45) is 7.05 Å². The molecular formula is C18H17N3O4. The Morgan fingerprint density at radius 2 is 2.00 bits per heavy atom. The quantitative estimate of drug-likeness (QED) is 0.792. The van der Waals surface area contributed by atoms with E-state index >= 15 is 0 Å². The summed E-state index contributed by atoms with van der Waals surface area (Å²) in [6.07, 6.45) is 0. The third kappa shape index (κ3) is 2.53. The van der Waals surface area contributed by atoms with Crippen molar-refractivity contribution in [1.29, 1.82) is 0 Å². The maximum atomic E-state index is 12.7. The Hall–Kier alpha value is -3.22. The highest BCUT2D eigenvalue weighted by Crippen LogP contribution is 2.38. The third-order valence-corrected chi connectivity index (χ3v) is 4.33. The molecule has 25 heavy (non-hydrogen) atoms. The summed E-state index contributed by atoms with van der Waals surface area (Å²) in [4.78, 5) is 18.8. The first-order valence-corrected chi connectivity index (χ1v) is 7.83. The number of carbonyl (C=O) groups is 1. The molecule has 7 heteroatoms. The molecule has 0 bridgehead atoms. The van der Waals surface area contributed by atoms with Crippen LogP contribution in [0.25, 0.3) is 11.0 Å². The molecule has 0 aliphatic carbocycles. The number of rotatable bonds is 3. The second-order valence-corrected chi connectivity index (χ2v) is 5.96. The highest BCUT2D eigenvalue weighted by atomic mass is 16.7. The summed E-state index contributed by atoms with van der Waals surface area (Å²) in [7, 11) is 3.59. The van der Waals surface area contributed by atoms with Crippen molar-refractivity contribution in [2.45, 2.75) is 6.54 Å². The zero-order chi connectivity index (χ0) is 17.6. The van der Waals surface area contributed by atoms with Crippen LogP contribution >= 0.6 is 0 Å². The second kappa shape index (κ2) is 5.70. The van der Waals surface area contributed by atoms with E-state index in [9.17, 15) is 9.90 Å². The van der Waals surface area contributed by atoms with E-state index in [1.807, 2.05) is 35.9 Å². The molecule has 2 heterocycles. The first-order chi connectivity index (χ1) is 12.0. The van der Waals surface area contributed by atoms with Crippen LogP contribution in [0.2, 0.25) is 0 Å². The Balaban J connectivity index is 1.61. The number of aryl methyl sites for hydroxylation is 1. The summed E-state index contributed by atoms with van der Waals surface area (Å²) in [6, 6.07) is 10.7. The number of imidazole rings is 1. The van der Waals surface area contributed by atoms with Crippen LogP contribution in [-0.2, 0) is 13.6 Å². The SMILES string of the molecule is CN(Cc1nc2ccccc2n1C)C(=O)c1cc2c(cc1O)OCO2. The van der Waals surface area contributed by atoms with Crippen molar-refractivity contribution >= 4 is 16.9 Å². The number of benzene rings is 2. The minimum Gasteiger partial charge on any atom is -0.507 e. The smallest absolute Gasteiger partial charge is 0.257 e. The Morgan fingerprint density at radius 1 is 1.28 bits per heavy atom. The van der Waals surface area contributed by atoms with E-state index in [-0.39, 0.29) is 24.0 Å². The standard InChI is InChI=1S/C18H17N3O4/c1-20(9-17-19-12-5-3-4-6-13(12)21(17)2)18(23)11-7-15-16(8-14(11)22)25-10-24-15/h3-8,22H,9-10H2,1-2H3.